The van der Waals surface area contributed by atoms with E-state index in [4.69, 9.17) is 0 Å². The van der Waals surface area contributed by atoms with Crippen LogP contribution < -0.4 is 0 Å². The fraction of sp³-hybridized carbons (Fsp3) is 0.267. The second-order valence-corrected chi connectivity index (χ2v) is 5.51. The molecule has 0 fully saturated rings. The Kier molecular flexibility index (Phi) is 4.74. The van der Waals surface area contributed by atoms with E-state index in [-0.39, 0.29) is 5.69 Å². The van der Waals surface area contributed by atoms with Crippen LogP contribution in [-0.4, -0.2) is 23.0 Å². The largest absolute Gasteiger partial charge is 0.464 e. The normalized spacial score (nSPS) is 10.3. The molecule has 20 heavy (non-hydrogen) atoms. The van der Waals surface area contributed by atoms with Crippen molar-refractivity contribution in [3.63, 3.8) is 0 Å². The van der Waals surface area contributed by atoms with Crippen LogP contribution in [0.25, 0.3) is 0 Å². The number of carbonyl (C=O) groups is 1. The van der Waals surface area contributed by atoms with Crippen molar-refractivity contribution >= 4 is 17.7 Å². The quantitative estimate of drug-likeness (QED) is 0.639. The first-order chi connectivity index (χ1) is 9.58. The lowest BCUT2D eigenvalue weighted by molar-refractivity contribution is 0.0593. The van der Waals surface area contributed by atoms with E-state index in [1.54, 1.807) is 18.0 Å². The van der Waals surface area contributed by atoms with Crippen molar-refractivity contribution in [3.8, 4) is 0 Å². The summed E-state index contributed by atoms with van der Waals surface area (Å²) in [6.07, 6.45) is 3.04. The van der Waals surface area contributed by atoms with Gasteiger partial charge >= 0.3 is 5.97 Å². The molecule has 0 saturated heterocycles. The van der Waals surface area contributed by atoms with Gasteiger partial charge in [0.1, 0.15) is 5.03 Å². The molecular weight excluding hydrogens is 272 g/mol. The molecule has 0 radical (unpaired) electrons. The number of rotatable bonds is 4. The van der Waals surface area contributed by atoms with Crippen LogP contribution in [0.15, 0.2) is 35.6 Å². The lowest BCUT2D eigenvalue weighted by Gasteiger charge is -2.05. The smallest absolute Gasteiger partial charge is 0.358 e. The van der Waals surface area contributed by atoms with E-state index < -0.39 is 5.97 Å². The number of thioether (sulfide) groups is 1. The van der Waals surface area contributed by atoms with Gasteiger partial charge in [-0.25, -0.2) is 14.8 Å². The van der Waals surface area contributed by atoms with Crippen LogP contribution in [0.2, 0.25) is 0 Å². The van der Waals surface area contributed by atoms with Gasteiger partial charge in [0.05, 0.1) is 19.5 Å². The molecule has 5 heteroatoms. The zero-order valence-electron chi connectivity index (χ0n) is 11.7. The van der Waals surface area contributed by atoms with Gasteiger partial charge in [0, 0.05) is 5.75 Å². The van der Waals surface area contributed by atoms with Crippen LogP contribution in [0, 0.1) is 13.8 Å². The van der Waals surface area contributed by atoms with Crippen molar-refractivity contribution in [1.29, 1.82) is 0 Å². The van der Waals surface area contributed by atoms with Gasteiger partial charge in [0.2, 0.25) is 0 Å². The van der Waals surface area contributed by atoms with Crippen molar-refractivity contribution in [2.24, 2.45) is 0 Å². The first kappa shape index (κ1) is 14.5. The zero-order valence-corrected chi connectivity index (χ0v) is 12.5. The van der Waals surface area contributed by atoms with Gasteiger partial charge in [-0.1, -0.05) is 29.3 Å². The minimum atomic E-state index is -0.469. The summed E-state index contributed by atoms with van der Waals surface area (Å²) < 4.78 is 4.58. The highest BCUT2D eigenvalue weighted by Crippen LogP contribution is 2.21. The number of aromatic nitrogens is 2. The Morgan fingerprint density at radius 3 is 2.40 bits per heavy atom. The predicted octanol–water partition coefficient (Wildman–Crippen LogP) is 3.17. The Morgan fingerprint density at radius 2 is 1.85 bits per heavy atom. The molecule has 0 aliphatic carbocycles. The molecule has 1 aromatic heterocycles. The number of nitrogens with zero attached hydrogens (tertiary/aromatic N) is 2. The summed E-state index contributed by atoms with van der Waals surface area (Å²) in [7, 11) is 1.33. The molecule has 0 spiro atoms. The molecule has 0 amide bonds. The lowest BCUT2D eigenvalue weighted by atomic mass is 10.1. The number of benzene rings is 1. The number of hydrogen-bond acceptors (Lipinski definition) is 5. The molecule has 2 rings (SSSR count). The van der Waals surface area contributed by atoms with Gasteiger partial charge in [-0.05, 0) is 19.4 Å². The van der Waals surface area contributed by atoms with Crippen molar-refractivity contribution < 1.29 is 9.53 Å². The topological polar surface area (TPSA) is 52.1 Å². The molecule has 1 heterocycles. The summed E-state index contributed by atoms with van der Waals surface area (Å²) in [4.78, 5) is 19.5. The van der Waals surface area contributed by atoms with Crippen LogP contribution in [0.4, 0.5) is 0 Å². The van der Waals surface area contributed by atoms with E-state index in [0.717, 1.165) is 10.8 Å². The first-order valence-corrected chi connectivity index (χ1v) is 7.17. The van der Waals surface area contributed by atoms with Crippen LogP contribution in [0.3, 0.4) is 0 Å². The van der Waals surface area contributed by atoms with Gasteiger partial charge in [-0.15, -0.1) is 11.8 Å². The van der Waals surface area contributed by atoms with Gasteiger partial charge in [0.15, 0.2) is 5.69 Å². The fourth-order valence-corrected chi connectivity index (χ4v) is 2.65. The minimum Gasteiger partial charge on any atom is -0.464 e. The third kappa shape index (κ3) is 3.81. The Morgan fingerprint density at radius 1 is 1.15 bits per heavy atom. The maximum Gasteiger partial charge on any atom is 0.358 e. The molecule has 2 aromatic rings. The van der Waals surface area contributed by atoms with Crippen molar-refractivity contribution in [2.45, 2.75) is 24.6 Å². The van der Waals surface area contributed by atoms with E-state index in [2.05, 4.69) is 46.8 Å². The average Bonchev–Trinajstić information content (AvgIpc) is 2.44. The second-order valence-electron chi connectivity index (χ2n) is 4.52. The second kappa shape index (κ2) is 6.52. The molecule has 0 unspecified atom stereocenters. The third-order valence-electron chi connectivity index (χ3n) is 2.69. The van der Waals surface area contributed by atoms with Crippen molar-refractivity contribution in [2.75, 3.05) is 7.11 Å². The Balaban J connectivity index is 2.02. The molecule has 0 aliphatic rings. The van der Waals surface area contributed by atoms with E-state index in [0.29, 0.717) is 0 Å². The number of hydrogen-bond donors (Lipinski definition) is 0. The summed E-state index contributed by atoms with van der Waals surface area (Å²) in [6, 6.07) is 6.48. The number of esters is 1. The molecule has 0 aliphatic heterocycles. The molecule has 0 saturated carbocycles. The van der Waals surface area contributed by atoms with Crippen LogP contribution in [0.5, 0.6) is 0 Å². The molecule has 1 aromatic carbocycles. The predicted molar refractivity (Wildman–Crippen MR) is 78.8 cm³/mol. The number of ether oxygens (including phenoxy) is 1. The number of methoxy groups -OCH3 is 1. The van der Waals surface area contributed by atoms with E-state index in [1.807, 2.05) is 0 Å². The zero-order chi connectivity index (χ0) is 14.5. The molecular formula is C15H16N2O2S. The van der Waals surface area contributed by atoms with Crippen molar-refractivity contribution in [3.05, 3.63) is 53.0 Å². The minimum absolute atomic E-state index is 0.225. The molecule has 4 nitrogen and oxygen atoms in total. The fourth-order valence-electron chi connectivity index (χ4n) is 1.91. The Bertz CT molecular complexity index is 592. The lowest BCUT2D eigenvalue weighted by Crippen LogP contribution is -2.04. The molecule has 0 bridgehead atoms. The number of carbonyl (C=O) groups excluding carboxylic acids is 1. The van der Waals surface area contributed by atoms with Gasteiger partial charge in [0.25, 0.3) is 0 Å². The molecule has 104 valence electrons. The summed E-state index contributed by atoms with van der Waals surface area (Å²) in [6.45, 7) is 4.18. The molecule has 0 N–H and O–H groups in total. The summed E-state index contributed by atoms with van der Waals surface area (Å²) in [5.74, 6) is 0.359. The Labute approximate surface area is 122 Å². The average molecular weight is 288 g/mol. The molecule has 0 atom stereocenters. The Hall–Kier alpha value is -1.88. The third-order valence-corrected chi connectivity index (χ3v) is 3.68. The monoisotopic (exact) mass is 288 g/mol. The highest BCUT2D eigenvalue weighted by molar-refractivity contribution is 7.98. The van der Waals surface area contributed by atoms with E-state index >= 15 is 0 Å². The first-order valence-electron chi connectivity index (χ1n) is 6.19. The maximum atomic E-state index is 11.2. The SMILES string of the molecule is COC(=O)c1cnc(SCc2cc(C)cc(C)c2)cn1. The van der Waals surface area contributed by atoms with Gasteiger partial charge < -0.3 is 4.74 Å². The van der Waals surface area contributed by atoms with Crippen LogP contribution >= 0.6 is 11.8 Å². The highest BCUT2D eigenvalue weighted by atomic mass is 32.2. The van der Waals surface area contributed by atoms with Gasteiger partial charge in [-0.2, -0.15) is 0 Å². The van der Waals surface area contributed by atoms with E-state index in [9.17, 15) is 4.79 Å². The highest BCUT2D eigenvalue weighted by Gasteiger charge is 2.07. The van der Waals surface area contributed by atoms with Crippen LogP contribution in [-0.2, 0) is 10.5 Å². The maximum absolute atomic E-state index is 11.2. The summed E-state index contributed by atoms with van der Waals surface area (Å²) in [5, 5.41) is 0.789. The van der Waals surface area contributed by atoms with E-state index in [1.165, 1.54) is 30.0 Å². The number of aryl methyl sites for hydroxylation is 2. The standard InChI is InChI=1S/C15H16N2O2S/c1-10-4-11(2)6-12(5-10)9-20-14-8-16-13(7-17-14)15(18)19-3/h4-8H,9H2,1-3H3. The van der Waals surface area contributed by atoms with Gasteiger partial charge in [-0.3, -0.25) is 0 Å². The van der Waals surface area contributed by atoms with Crippen LogP contribution in [0.1, 0.15) is 27.2 Å². The summed E-state index contributed by atoms with van der Waals surface area (Å²) in [5.41, 5.74) is 4.00. The van der Waals surface area contributed by atoms with Crippen molar-refractivity contribution in [1.82, 2.24) is 9.97 Å². The summed E-state index contributed by atoms with van der Waals surface area (Å²) >= 11 is 1.59.